The first-order valence-electron chi connectivity index (χ1n) is 14.4. The minimum atomic E-state index is -1.09. The largest absolute Gasteiger partial charge is 0.478 e. The van der Waals surface area contributed by atoms with E-state index in [2.05, 4.69) is 40.8 Å². The molecule has 1 aromatic heterocycles. The van der Waals surface area contributed by atoms with E-state index in [0.29, 0.717) is 10.9 Å². The van der Waals surface area contributed by atoms with Crippen molar-refractivity contribution in [2.75, 3.05) is 37.6 Å². The first-order valence-corrected chi connectivity index (χ1v) is 14.8. The Bertz CT molecular complexity index is 1650. The van der Waals surface area contributed by atoms with Gasteiger partial charge in [0.15, 0.2) is 0 Å². The summed E-state index contributed by atoms with van der Waals surface area (Å²) in [4.78, 5) is 19.8. The van der Waals surface area contributed by atoms with Crippen molar-refractivity contribution in [3.05, 3.63) is 94.4 Å². The molecule has 42 heavy (non-hydrogen) atoms. The minimum absolute atomic E-state index is 0.0345. The number of H-pyrrole nitrogens is 1. The molecular formula is C34H35ClFN3O3. The van der Waals surface area contributed by atoms with E-state index in [-0.39, 0.29) is 22.5 Å². The number of fused-ring (bicyclic) bond motifs is 1. The predicted octanol–water partition coefficient (Wildman–Crippen LogP) is 8.24. The summed E-state index contributed by atoms with van der Waals surface area (Å²) >= 11 is 6.18. The topological polar surface area (TPSA) is 68.8 Å². The van der Waals surface area contributed by atoms with Crippen molar-refractivity contribution < 1.29 is 19.0 Å². The van der Waals surface area contributed by atoms with Crippen LogP contribution in [-0.4, -0.2) is 53.7 Å². The molecule has 0 radical (unpaired) electrons. The molecule has 2 heterocycles. The minimum Gasteiger partial charge on any atom is -0.478 e. The van der Waals surface area contributed by atoms with Crippen LogP contribution in [-0.2, 0) is 0 Å². The van der Waals surface area contributed by atoms with Gasteiger partial charge in [-0.05, 0) is 72.2 Å². The molecule has 1 aliphatic heterocycles. The van der Waals surface area contributed by atoms with Crippen LogP contribution < -0.4 is 9.64 Å². The van der Waals surface area contributed by atoms with Crippen LogP contribution in [0.15, 0.2) is 72.4 Å². The molecule has 0 unspecified atom stereocenters. The molecule has 6 rings (SSSR count). The molecule has 0 amide bonds. The highest BCUT2D eigenvalue weighted by atomic mass is 35.5. The number of nitrogens with zero attached hydrogens (tertiary/aromatic N) is 2. The SMILES string of the molecule is CC1(C)CCC(CN2CCN(c3ccc(C(=O)O)c(Oc4cc(F)cc5[nH]ccc45)c3)CC2)=C(c2ccc(Cl)cc2)C1. The number of carboxylic acids is 1. The van der Waals surface area contributed by atoms with Crippen molar-refractivity contribution in [3.8, 4) is 11.5 Å². The molecule has 2 aliphatic rings. The third-order valence-electron chi connectivity index (χ3n) is 8.54. The van der Waals surface area contributed by atoms with Crippen LogP contribution in [0.1, 0.15) is 49.0 Å². The van der Waals surface area contributed by atoms with Crippen molar-refractivity contribution in [2.45, 2.75) is 33.1 Å². The van der Waals surface area contributed by atoms with Gasteiger partial charge in [-0.2, -0.15) is 0 Å². The number of piperazine rings is 1. The number of ether oxygens (including phenoxy) is 1. The number of aromatic carboxylic acids is 1. The van der Waals surface area contributed by atoms with Gasteiger partial charge in [0.2, 0.25) is 0 Å². The zero-order valence-electron chi connectivity index (χ0n) is 23.9. The van der Waals surface area contributed by atoms with E-state index >= 15 is 0 Å². The Balaban J connectivity index is 1.19. The molecule has 218 valence electrons. The highest BCUT2D eigenvalue weighted by molar-refractivity contribution is 6.30. The normalized spacial score (nSPS) is 17.6. The fraction of sp³-hybridized carbons (Fsp3) is 0.324. The van der Waals surface area contributed by atoms with Gasteiger partial charge >= 0.3 is 5.97 Å². The lowest BCUT2D eigenvalue weighted by atomic mass is 9.72. The molecule has 1 aliphatic carbocycles. The van der Waals surface area contributed by atoms with Crippen molar-refractivity contribution in [1.82, 2.24) is 9.88 Å². The first-order chi connectivity index (χ1) is 20.1. The number of carbonyl (C=O) groups is 1. The van der Waals surface area contributed by atoms with E-state index in [0.717, 1.165) is 56.3 Å². The standard InChI is InChI=1S/C34H35ClFN3O3/c1-34(2)11-9-23(29(20-34)22-3-5-24(35)6-4-22)21-38-13-15-39(16-14-38)26-7-8-28(33(40)41)32(19-26)42-31-18-25(36)17-30-27(31)10-12-37-30/h3-8,10,12,17-19,37H,9,11,13-16,20-21H2,1-2H3,(H,40,41). The summed E-state index contributed by atoms with van der Waals surface area (Å²) in [7, 11) is 0. The predicted molar refractivity (Wildman–Crippen MR) is 166 cm³/mol. The third kappa shape index (κ3) is 6.03. The lowest BCUT2D eigenvalue weighted by Crippen LogP contribution is -2.47. The highest BCUT2D eigenvalue weighted by Gasteiger charge is 2.29. The van der Waals surface area contributed by atoms with Crippen LogP contribution >= 0.6 is 11.6 Å². The number of hydrogen-bond donors (Lipinski definition) is 2. The molecule has 1 saturated heterocycles. The Morgan fingerprint density at radius 1 is 1.02 bits per heavy atom. The molecule has 8 heteroatoms. The van der Waals surface area contributed by atoms with E-state index in [9.17, 15) is 14.3 Å². The summed E-state index contributed by atoms with van der Waals surface area (Å²) in [5.41, 5.74) is 6.01. The van der Waals surface area contributed by atoms with E-state index in [1.54, 1.807) is 24.4 Å². The smallest absolute Gasteiger partial charge is 0.339 e. The maximum absolute atomic E-state index is 14.2. The van der Waals surface area contributed by atoms with E-state index in [1.165, 1.54) is 35.3 Å². The lowest BCUT2D eigenvalue weighted by molar-refractivity contribution is 0.0694. The highest BCUT2D eigenvalue weighted by Crippen LogP contribution is 2.43. The molecule has 1 fully saturated rings. The Labute approximate surface area is 250 Å². The van der Waals surface area contributed by atoms with Gasteiger partial charge in [-0.25, -0.2) is 9.18 Å². The van der Waals surface area contributed by atoms with Crippen molar-refractivity contribution >= 4 is 39.7 Å². The second-order valence-corrected chi connectivity index (χ2v) is 12.6. The number of benzene rings is 3. The molecule has 0 spiro atoms. The molecule has 6 nitrogen and oxygen atoms in total. The molecule has 4 aromatic rings. The number of halogens is 2. The number of allylic oxidation sites excluding steroid dienone is 1. The molecule has 3 aromatic carbocycles. The second kappa shape index (κ2) is 11.5. The zero-order valence-corrected chi connectivity index (χ0v) is 24.7. The average molecular weight is 588 g/mol. The molecular weight excluding hydrogens is 553 g/mol. The number of aromatic amines is 1. The van der Waals surface area contributed by atoms with E-state index < -0.39 is 11.8 Å². The molecule has 0 bridgehead atoms. The van der Waals surface area contributed by atoms with Gasteiger partial charge in [-0.1, -0.05) is 43.2 Å². The van der Waals surface area contributed by atoms with E-state index in [1.807, 2.05) is 18.2 Å². The lowest BCUT2D eigenvalue weighted by Gasteiger charge is -2.39. The van der Waals surface area contributed by atoms with Crippen molar-refractivity contribution in [3.63, 3.8) is 0 Å². The van der Waals surface area contributed by atoms with Crippen LogP contribution in [0.3, 0.4) is 0 Å². The van der Waals surface area contributed by atoms with Crippen LogP contribution in [0.5, 0.6) is 11.5 Å². The zero-order chi connectivity index (χ0) is 29.4. The monoisotopic (exact) mass is 587 g/mol. The number of aromatic nitrogens is 1. The van der Waals surface area contributed by atoms with E-state index in [4.69, 9.17) is 16.3 Å². The fourth-order valence-electron chi connectivity index (χ4n) is 6.17. The van der Waals surface area contributed by atoms with Gasteiger partial charge < -0.3 is 19.7 Å². The molecule has 2 N–H and O–H groups in total. The summed E-state index contributed by atoms with van der Waals surface area (Å²) in [5, 5.41) is 11.3. The Hall–Kier alpha value is -3.81. The van der Waals surface area contributed by atoms with Gasteiger partial charge in [0, 0.05) is 67.1 Å². The van der Waals surface area contributed by atoms with Gasteiger partial charge in [-0.15, -0.1) is 0 Å². The number of nitrogens with one attached hydrogen (secondary N) is 1. The van der Waals surface area contributed by atoms with Crippen LogP contribution in [0, 0.1) is 11.2 Å². The second-order valence-electron chi connectivity index (χ2n) is 12.1. The average Bonchev–Trinajstić information content (AvgIpc) is 3.43. The maximum atomic E-state index is 14.2. The summed E-state index contributed by atoms with van der Waals surface area (Å²) < 4.78 is 20.3. The first kappa shape index (κ1) is 28.3. The van der Waals surface area contributed by atoms with Crippen molar-refractivity contribution in [1.29, 1.82) is 0 Å². The molecule has 0 atom stereocenters. The summed E-state index contributed by atoms with van der Waals surface area (Å²) in [6.07, 6.45) is 5.03. The number of hydrogen-bond acceptors (Lipinski definition) is 4. The van der Waals surface area contributed by atoms with Crippen molar-refractivity contribution in [2.24, 2.45) is 5.41 Å². The Kier molecular flexibility index (Phi) is 7.73. The van der Waals surface area contributed by atoms with Gasteiger partial charge in [0.25, 0.3) is 0 Å². The Morgan fingerprint density at radius 2 is 1.79 bits per heavy atom. The molecule has 0 saturated carbocycles. The summed E-state index contributed by atoms with van der Waals surface area (Å²) in [6, 6.07) is 17.8. The maximum Gasteiger partial charge on any atom is 0.339 e. The van der Waals surface area contributed by atoms with Gasteiger partial charge in [0.05, 0.1) is 5.52 Å². The number of carboxylic acid groups (broad SMARTS) is 1. The summed E-state index contributed by atoms with van der Waals surface area (Å²) in [6.45, 7) is 9.05. The van der Waals surface area contributed by atoms with Gasteiger partial charge in [0.1, 0.15) is 22.9 Å². The van der Waals surface area contributed by atoms with Crippen LogP contribution in [0.2, 0.25) is 5.02 Å². The number of rotatable bonds is 7. The van der Waals surface area contributed by atoms with Gasteiger partial charge in [-0.3, -0.25) is 4.90 Å². The number of anilines is 1. The van der Waals surface area contributed by atoms with Crippen LogP contribution in [0.25, 0.3) is 16.5 Å². The fourth-order valence-corrected chi connectivity index (χ4v) is 6.29. The van der Waals surface area contributed by atoms with Crippen LogP contribution in [0.4, 0.5) is 10.1 Å². The summed E-state index contributed by atoms with van der Waals surface area (Å²) in [5.74, 6) is -1.09. The Morgan fingerprint density at radius 3 is 2.52 bits per heavy atom. The third-order valence-corrected chi connectivity index (χ3v) is 8.79. The quantitative estimate of drug-likeness (QED) is 0.228.